The molecule has 6 heteroatoms. The highest BCUT2D eigenvalue weighted by atomic mass is 19.4. The second kappa shape index (κ2) is 5.36. The van der Waals surface area contributed by atoms with E-state index in [2.05, 4.69) is 0 Å². The quantitative estimate of drug-likeness (QED) is 0.660. The van der Waals surface area contributed by atoms with Gasteiger partial charge in [0.05, 0.1) is 5.92 Å². The minimum absolute atomic E-state index is 0.0447. The van der Waals surface area contributed by atoms with Crippen LogP contribution in [-0.4, -0.2) is 48.2 Å². The lowest BCUT2D eigenvalue weighted by Crippen LogP contribution is -2.49. The number of amides is 2. The van der Waals surface area contributed by atoms with Crippen LogP contribution in [0.5, 0.6) is 0 Å². The van der Waals surface area contributed by atoms with Crippen LogP contribution in [0.1, 0.15) is 32.1 Å². The predicted octanol–water partition coefficient (Wildman–Crippen LogP) is 2.87. The van der Waals surface area contributed by atoms with E-state index in [9.17, 15) is 18.0 Å². The Morgan fingerprint density at radius 2 is 1.39 bits per heavy atom. The number of piperidine rings is 2. The maximum atomic E-state index is 12.5. The van der Waals surface area contributed by atoms with Crippen LogP contribution < -0.4 is 0 Å². The fourth-order valence-corrected chi connectivity index (χ4v) is 2.68. The molecule has 0 bridgehead atoms. The number of hydrogen-bond acceptors (Lipinski definition) is 1. The van der Waals surface area contributed by atoms with Gasteiger partial charge in [-0.2, -0.15) is 13.2 Å². The highest BCUT2D eigenvalue weighted by molar-refractivity contribution is 5.74. The fraction of sp³-hybridized carbons (Fsp3) is 0.917. The van der Waals surface area contributed by atoms with Crippen LogP contribution in [0, 0.1) is 5.92 Å². The molecule has 2 rings (SSSR count). The first-order valence-electron chi connectivity index (χ1n) is 6.59. The van der Waals surface area contributed by atoms with Crippen LogP contribution in [0.3, 0.4) is 0 Å². The zero-order valence-corrected chi connectivity index (χ0v) is 10.4. The summed E-state index contributed by atoms with van der Waals surface area (Å²) in [5.74, 6) is -1.23. The molecule has 104 valence electrons. The lowest BCUT2D eigenvalue weighted by Gasteiger charge is -2.37. The average molecular weight is 264 g/mol. The molecule has 0 aromatic rings. The second-order valence-electron chi connectivity index (χ2n) is 5.13. The molecule has 2 saturated heterocycles. The Morgan fingerprint density at radius 3 is 1.89 bits per heavy atom. The Bertz CT molecular complexity index is 292. The molecule has 0 saturated carbocycles. The molecular weight excluding hydrogens is 245 g/mol. The van der Waals surface area contributed by atoms with E-state index in [-0.39, 0.29) is 32.0 Å². The molecule has 0 unspecified atom stereocenters. The third kappa shape index (κ3) is 3.09. The van der Waals surface area contributed by atoms with Crippen LogP contribution >= 0.6 is 0 Å². The van der Waals surface area contributed by atoms with Crippen LogP contribution in [0.2, 0.25) is 0 Å². The molecule has 0 radical (unpaired) electrons. The summed E-state index contributed by atoms with van der Waals surface area (Å²) in [6.45, 7) is 1.97. The Morgan fingerprint density at radius 1 is 0.889 bits per heavy atom. The van der Waals surface area contributed by atoms with Crippen molar-refractivity contribution in [2.75, 3.05) is 26.2 Å². The molecular formula is C12H19F3N2O. The largest absolute Gasteiger partial charge is 0.391 e. The minimum Gasteiger partial charge on any atom is -0.325 e. The second-order valence-corrected chi connectivity index (χ2v) is 5.13. The summed E-state index contributed by atoms with van der Waals surface area (Å²) < 4.78 is 37.5. The van der Waals surface area contributed by atoms with Crippen LogP contribution in [0.4, 0.5) is 18.0 Å². The molecule has 0 aliphatic carbocycles. The summed E-state index contributed by atoms with van der Waals surface area (Å²) in [5, 5.41) is 0. The number of carbonyl (C=O) groups is 1. The fourth-order valence-electron chi connectivity index (χ4n) is 2.68. The van der Waals surface area contributed by atoms with Crippen molar-refractivity contribution < 1.29 is 18.0 Å². The van der Waals surface area contributed by atoms with E-state index in [1.54, 1.807) is 9.80 Å². The summed E-state index contributed by atoms with van der Waals surface area (Å²) in [6.07, 6.45) is -0.873. The zero-order chi connectivity index (χ0) is 13.2. The number of carbonyl (C=O) groups excluding carboxylic acids is 1. The number of halogens is 3. The van der Waals surface area contributed by atoms with Gasteiger partial charge in [-0.15, -0.1) is 0 Å². The first-order valence-corrected chi connectivity index (χ1v) is 6.59. The van der Waals surface area contributed by atoms with Gasteiger partial charge in [-0.05, 0) is 32.1 Å². The summed E-state index contributed by atoms with van der Waals surface area (Å²) >= 11 is 0. The maximum absolute atomic E-state index is 12.5. The van der Waals surface area contributed by atoms with Gasteiger partial charge in [0.2, 0.25) is 0 Å². The number of rotatable bonds is 0. The standard InChI is InChI=1S/C12H19F3N2O/c13-12(14,15)10-4-8-17(9-5-10)11(18)16-6-2-1-3-7-16/h10H,1-9H2. The molecule has 2 heterocycles. The summed E-state index contributed by atoms with van der Waals surface area (Å²) in [5.41, 5.74) is 0. The van der Waals surface area contributed by atoms with Gasteiger partial charge in [-0.25, -0.2) is 4.79 Å². The molecule has 0 aromatic carbocycles. The lowest BCUT2D eigenvalue weighted by molar-refractivity contribution is -0.183. The van der Waals surface area contributed by atoms with Crippen molar-refractivity contribution in [1.29, 1.82) is 0 Å². The Kier molecular flexibility index (Phi) is 4.02. The number of alkyl halides is 3. The predicted molar refractivity (Wildman–Crippen MR) is 61.2 cm³/mol. The van der Waals surface area contributed by atoms with E-state index < -0.39 is 12.1 Å². The van der Waals surface area contributed by atoms with Gasteiger partial charge in [0, 0.05) is 26.2 Å². The monoisotopic (exact) mass is 264 g/mol. The molecule has 0 N–H and O–H groups in total. The third-order valence-electron chi connectivity index (χ3n) is 3.85. The third-order valence-corrected chi connectivity index (χ3v) is 3.85. The highest BCUT2D eigenvalue weighted by Gasteiger charge is 2.42. The molecule has 2 amide bonds. The first-order chi connectivity index (χ1) is 8.48. The zero-order valence-electron chi connectivity index (χ0n) is 10.4. The van der Waals surface area contributed by atoms with Gasteiger partial charge in [0.1, 0.15) is 0 Å². The smallest absolute Gasteiger partial charge is 0.325 e. The SMILES string of the molecule is O=C(N1CCCCC1)N1CCC(C(F)(F)F)CC1. The number of likely N-dealkylation sites (tertiary alicyclic amines) is 2. The highest BCUT2D eigenvalue weighted by Crippen LogP contribution is 2.34. The number of nitrogens with zero attached hydrogens (tertiary/aromatic N) is 2. The van der Waals surface area contributed by atoms with Crippen molar-refractivity contribution in [3.8, 4) is 0 Å². The minimum atomic E-state index is -4.11. The number of hydrogen-bond donors (Lipinski definition) is 0. The van der Waals surface area contributed by atoms with Crippen LogP contribution in [0.25, 0.3) is 0 Å². The van der Waals surface area contributed by atoms with Gasteiger partial charge >= 0.3 is 12.2 Å². The van der Waals surface area contributed by atoms with Crippen molar-refractivity contribution in [3.05, 3.63) is 0 Å². The topological polar surface area (TPSA) is 23.6 Å². The average Bonchev–Trinajstić information content (AvgIpc) is 2.38. The lowest BCUT2D eigenvalue weighted by atomic mass is 9.96. The normalized spacial score (nSPS) is 23.3. The molecule has 3 nitrogen and oxygen atoms in total. The van der Waals surface area contributed by atoms with Gasteiger partial charge in [0.25, 0.3) is 0 Å². The molecule has 0 aromatic heterocycles. The molecule has 2 fully saturated rings. The van der Waals surface area contributed by atoms with E-state index in [0.29, 0.717) is 0 Å². The first kappa shape index (κ1) is 13.5. The van der Waals surface area contributed by atoms with Crippen LogP contribution in [0.15, 0.2) is 0 Å². The van der Waals surface area contributed by atoms with Crippen molar-refractivity contribution in [2.24, 2.45) is 5.92 Å². The van der Waals surface area contributed by atoms with Crippen molar-refractivity contribution >= 4 is 6.03 Å². The Balaban J connectivity index is 1.83. The number of urea groups is 1. The van der Waals surface area contributed by atoms with E-state index >= 15 is 0 Å². The van der Waals surface area contributed by atoms with Crippen molar-refractivity contribution in [3.63, 3.8) is 0 Å². The van der Waals surface area contributed by atoms with Gasteiger partial charge in [0.15, 0.2) is 0 Å². The van der Waals surface area contributed by atoms with Crippen LogP contribution in [-0.2, 0) is 0 Å². The summed E-state index contributed by atoms with van der Waals surface area (Å²) in [4.78, 5) is 15.4. The van der Waals surface area contributed by atoms with Crippen molar-refractivity contribution in [1.82, 2.24) is 9.80 Å². The van der Waals surface area contributed by atoms with Gasteiger partial charge in [-0.3, -0.25) is 0 Å². The Hall–Kier alpha value is -0.940. The van der Waals surface area contributed by atoms with Gasteiger partial charge in [-0.1, -0.05) is 0 Å². The maximum Gasteiger partial charge on any atom is 0.391 e. The molecule has 0 atom stereocenters. The van der Waals surface area contributed by atoms with E-state index in [1.807, 2.05) is 0 Å². The molecule has 0 spiro atoms. The summed E-state index contributed by atoms with van der Waals surface area (Å²) in [6, 6.07) is -0.0738. The van der Waals surface area contributed by atoms with E-state index in [0.717, 1.165) is 32.4 Å². The molecule has 2 aliphatic heterocycles. The molecule has 18 heavy (non-hydrogen) atoms. The van der Waals surface area contributed by atoms with E-state index in [4.69, 9.17) is 0 Å². The molecule has 2 aliphatic rings. The van der Waals surface area contributed by atoms with Gasteiger partial charge < -0.3 is 9.80 Å². The van der Waals surface area contributed by atoms with E-state index in [1.165, 1.54) is 0 Å². The van der Waals surface area contributed by atoms with Crippen molar-refractivity contribution in [2.45, 2.75) is 38.3 Å². The Labute approximate surface area is 105 Å². The summed E-state index contributed by atoms with van der Waals surface area (Å²) in [7, 11) is 0.